The monoisotopic (exact) mass is 418 g/mol. The number of carbonyl (C=O) groups is 2. The molecule has 0 radical (unpaired) electrons. The van der Waals surface area contributed by atoms with Crippen LogP contribution in [0.1, 0.15) is 39.0 Å². The summed E-state index contributed by atoms with van der Waals surface area (Å²) in [5.41, 5.74) is 1.73. The van der Waals surface area contributed by atoms with Gasteiger partial charge in [-0.15, -0.1) is 6.58 Å². The fourth-order valence-electron chi connectivity index (χ4n) is 3.43. The lowest BCUT2D eigenvalue weighted by molar-refractivity contribution is 0.0587. The number of ether oxygens (including phenoxy) is 1. The van der Waals surface area contributed by atoms with Gasteiger partial charge in [0, 0.05) is 24.3 Å². The second-order valence-electron chi connectivity index (χ2n) is 6.49. The van der Waals surface area contributed by atoms with Gasteiger partial charge in [0.05, 0.1) is 18.6 Å². The van der Waals surface area contributed by atoms with Crippen LogP contribution in [0, 0.1) is 13.8 Å². The van der Waals surface area contributed by atoms with Gasteiger partial charge >= 0.3 is 5.97 Å². The molecule has 1 heterocycles. The zero-order valence-electron chi connectivity index (χ0n) is 17.1. The summed E-state index contributed by atoms with van der Waals surface area (Å²) in [6.07, 6.45) is 1.44. The van der Waals surface area contributed by atoms with E-state index in [1.807, 2.05) is 6.92 Å². The average Bonchev–Trinajstić information content (AvgIpc) is 2.97. The van der Waals surface area contributed by atoms with Crippen LogP contribution in [0.5, 0.6) is 0 Å². The highest BCUT2D eigenvalue weighted by Gasteiger charge is 2.30. The van der Waals surface area contributed by atoms with Gasteiger partial charge in [0.1, 0.15) is 5.69 Å². The van der Waals surface area contributed by atoms with Crippen molar-refractivity contribution < 1.29 is 22.7 Å². The van der Waals surface area contributed by atoms with Crippen molar-refractivity contribution in [1.29, 1.82) is 0 Å². The van der Waals surface area contributed by atoms with E-state index < -0.39 is 21.8 Å². The smallest absolute Gasteiger partial charge is 0.354 e. The first-order chi connectivity index (χ1) is 13.7. The average molecular weight is 419 g/mol. The number of Topliss-reactive ketones (excluding diaryl/α,β-unsaturated/α-hetero) is 1. The second-order valence-corrected chi connectivity index (χ2v) is 8.43. The number of esters is 1. The molecule has 0 N–H and O–H groups in total. The van der Waals surface area contributed by atoms with Gasteiger partial charge < -0.3 is 9.30 Å². The van der Waals surface area contributed by atoms with Crippen LogP contribution in [0.15, 0.2) is 47.9 Å². The Kier molecular flexibility index (Phi) is 7.16. The van der Waals surface area contributed by atoms with Crippen molar-refractivity contribution in [2.24, 2.45) is 0 Å². The summed E-state index contributed by atoms with van der Waals surface area (Å²) in [6, 6.07) is 7.93. The molecule has 0 saturated carbocycles. The maximum absolute atomic E-state index is 13.1. The van der Waals surface area contributed by atoms with E-state index in [4.69, 9.17) is 4.74 Å². The topological polar surface area (TPSA) is 85.7 Å². The van der Waals surface area contributed by atoms with E-state index in [1.165, 1.54) is 25.3 Å². The molecule has 7 nitrogen and oxygen atoms in total. The summed E-state index contributed by atoms with van der Waals surface area (Å²) in [5, 5.41) is 0. The summed E-state index contributed by atoms with van der Waals surface area (Å²) >= 11 is 0. The number of carbonyl (C=O) groups excluding carboxylic acids is 2. The van der Waals surface area contributed by atoms with Crippen LogP contribution in [0.3, 0.4) is 0 Å². The Morgan fingerprint density at radius 1 is 1.21 bits per heavy atom. The second kappa shape index (κ2) is 9.19. The van der Waals surface area contributed by atoms with Crippen LogP contribution in [0.25, 0.3) is 0 Å². The first-order valence-corrected chi connectivity index (χ1v) is 10.6. The van der Waals surface area contributed by atoms with Crippen molar-refractivity contribution in [3.05, 3.63) is 65.5 Å². The van der Waals surface area contributed by atoms with E-state index in [9.17, 15) is 18.0 Å². The number of methoxy groups -OCH3 is 1. The van der Waals surface area contributed by atoms with E-state index in [0.29, 0.717) is 29.1 Å². The molecule has 0 fully saturated rings. The largest absolute Gasteiger partial charge is 0.464 e. The molecular weight excluding hydrogens is 392 g/mol. The standard InChI is InChI=1S/C21H26N2O5S/c1-6-13-22(29(26,27)17-11-9-8-10-12-17)14-18(24)19-15(3)20(21(25)28-5)23(7-2)16(19)4/h6,8-12H,1,7,13-14H2,2-5H3. The van der Waals surface area contributed by atoms with E-state index in [0.717, 1.165) is 4.31 Å². The number of sulfonamides is 1. The van der Waals surface area contributed by atoms with E-state index in [-0.39, 0.29) is 18.0 Å². The lowest BCUT2D eigenvalue weighted by atomic mass is 10.1. The minimum absolute atomic E-state index is 0.0145. The Bertz CT molecular complexity index is 1020. The lowest BCUT2D eigenvalue weighted by Gasteiger charge is -2.20. The Hall–Kier alpha value is -2.71. The lowest BCUT2D eigenvalue weighted by Crippen LogP contribution is -2.36. The van der Waals surface area contributed by atoms with Gasteiger partial charge in [0.15, 0.2) is 5.78 Å². The van der Waals surface area contributed by atoms with Crippen LogP contribution in [-0.4, -0.2) is 49.2 Å². The first-order valence-electron chi connectivity index (χ1n) is 9.17. The van der Waals surface area contributed by atoms with Crippen molar-refractivity contribution >= 4 is 21.8 Å². The Morgan fingerprint density at radius 3 is 2.34 bits per heavy atom. The number of ketones is 1. The molecule has 0 aliphatic carbocycles. The molecule has 0 atom stereocenters. The van der Waals surface area contributed by atoms with Crippen LogP contribution in [-0.2, 0) is 21.3 Å². The maximum atomic E-state index is 13.1. The van der Waals surface area contributed by atoms with E-state index >= 15 is 0 Å². The third kappa shape index (κ3) is 4.33. The van der Waals surface area contributed by atoms with Crippen molar-refractivity contribution in [2.75, 3.05) is 20.2 Å². The van der Waals surface area contributed by atoms with E-state index in [2.05, 4.69) is 6.58 Å². The predicted octanol–water partition coefficient (Wildman–Crippen LogP) is 2.97. The molecule has 2 aromatic rings. The van der Waals surface area contributed by atoms with Crippen LogP contribution in [0.2, 0.25) is 0 Å². The summed E-state index contributed by atoms with van der Waals surface area (Å²) < 4.78 is 33.6. The number of rotatable bonds is 9. The Labute approximate surface area is 171 Å². The van der Waals surface area contributed by atoms with Crippen LogP contribution >= 0.6 is 0 Å². The molecule has 0 amide bonds. The van der Waals surface area contributed by atoms with Gasteiger partial charge in [0.25, 0.3) is 0 Å². The van der Waals surface area contributed by atoms with Crippen molar-refractivity contribution in [1.82, 2.24) is 8.87 Å². The van der Waals surface area contributed by atoms with Gasteiger partial charge in [0.2, 0.25) is 10.0 Å². The van der Waals surface area contributed by atoms with Gasteiger partial charge in [-0.1, -0.05) is 24.3 Å². The van der Waals surface area contributed by atoms with E-state index in [1.54, 1.807) is 36.6 Å². The summed E-state index contributed by atoms with van der Waals surface area (Å²) in [4.78, 5) is 25.4. The Morgan fingerprint density at radius 2 is 1.83 bits per heavy atom. The van der Waals surface area contributed by atoms with Crippen LogP contribution in [0.4, 0.5) is 0 Å². The number of nitrogens with zero attached hydrogens (tertiary/aromatic N) is 2. The molecule has 2 rings (SSSR count). The number of benzene rings is 1. The van der Waals surface area contributed by atoms with Gasteiger partial charge in [-0.05, 0) is 38.5 Å². The highest BCUT2D eigenvalue weighted by molar-refractivity contribution is 7.89. The summed E-state index contributed by atoms with van der Waals surface area (Å²) in [5.74, 6) is -0.926. The van der Waals surface area contributed by atoms with Crippen molar-refractivity contribution in [2.45, 2.75) is 32.2 Å². The number of hydrogen-bond donors (Lipinski definition) is 0. The number of aromatic nitrogens is 1. The molecule has 29 heavy (non-hydrogen) atoms. The zero-order chi connectivity index (χ0) is 21.8. The predicted molar refractivity (Wildman–Crippen MR) is 111 cm³/mol. The zero-order valence-corrected chi connectivity index (χ0v) is 18.0. The molecule has 0 aliphatic heterocycles. The molecule has 0 aliphatic rings. The Balaban J connectivity index is 2.48. The van der Waals surface area contributed by atoms with Gasteiger partial charge in [-0.2, -0.15) is 4.31 Å². The highest BCUT2D eigenvalue weighted by Crippen LogP contribution is 2.25. The first kappa shape index (κ1) is 22.6. The van der Waals surface area contributed by atoms with Gasteiger partial charge in [-0.25, -0.2) is 13.2 Å². The third-order valence-corrected chi connectivity index (χ3v) is 6.60. The number of hydrogen-bond acceptors (Lipinski definition) is 5. The fourth-order valence-corrected chi connectivity index (χ4v) is 4.82. The molecule has 156 valence electrons. The molecule has 0 spiro atoms. The molecular formula is C21H26N2O5S. The molecule has 8 heteroatoms. The highest BCUT2D eigenvalue weighted by atomic mass is 32.2. The maximum Gasteiger partial charge on any atom is 0.354 e. The minimum Gasteiger partial charge on any atom is -0.464 e. The van der Waals surface area contributed by atoms with Crippen LogP contribution < -0.4 is 0 Å². The molecule has 0 saturated heterocycles. The molecule has 0 bridgehead atoms. The molecule has 1 aromatic carbocycles. The summed E-state index contributed by atoms with van der Waals surface area (Å²) in [6.45, 7) is 8.97. The third-order valence-electron chi connectivity index (χ3n) is 4.77. The summed E-state index contributed by atoms with van der Waals surface area (Å²) in [7, 11) is -2.60. The quantitative estimate of drug-likeness (QED) is 0.355. The fraction of sp³-hybridized carbons (Fsp3) is 0.333. The molecule has 1 aromatic heterocycles. The minimum atomic E-state index is -3.88. The van der Waals surface area contributed by atoms with Crippen molar-refractivity contribution in [3.8, 4) is 0 Å². The normalized spacial score (nSPS) is 11.5. The molecule has 0 unspecified atom stereocenters. The SMILES string of the molecule is C=CCN(CC(=O)c1c(C)c(C(=O)OC)n(CC)c1C)S(=O)(=O)c1ccccc1. The van der Waals surface area contributed by atoms with Crippen molar-refractivity contribution in [3.63, 3.8) is 0 Å². The van der Waals surface area contributed by atoms with Gasteiger partial charge in [-0.3, -0.25) is 4.79 Å².